The third kappa shape index (κ3) is 4.53. The minimum atomic E-state index is -1.33. The number of halogens is 1. The maximum absolute atomic E-state index is 13.3. The molecule has 0 saturated carbocycles. The summed E-state index contributed by atoms with van der Waals surface area (Å²) in [4.78, 5) is 0.250. The van der Waals surface area contributed by atoms with Gasteiger partial charge in [-0.15, -0.1) is 0 Å². The Morgan fingerprint density at radius 1 is 1.47 bits per heavy atom. The predicted molar refractivity (Wildman–Crippen MR) is 66.8 cm³/mol. The third-order valence-corrected chi connectivity index (χ3v) is 3.80. The van der Waals surface area contributed by atoms with Crippen molar-refractivity contribution in [2.45, 2.75) is 24.3 Å². The lowest BCUT2D eigenvalue weighted by Gasteiger charge is -2.14. The largest absolute Gasteiger partial charge is 0.377 e. The molecule has 5 heteroatoms. The van der Waals surface area contributed by atoms with E-state index in [1.807, 2.05) is 6.92 Å². The van der Waals surface area contributed by atoms with Crippen LogP contribution in [0.15, 0.2) is 29.2 Å². The van der Waals surface area contributed by atoms with Gasteiger partial charge < -0.3 is 10.5 Å². The molecule has 1 rings (SSSR count). The van der Waals surface area contributed by atoms with Crippen LogP contribution in [-0.4, -0.2) is 29.2 Å². The van der Waals surface area contributed by atoms with Gasteiger partial charge in [0, 0.05) is 18.9 Å². The van der Waals surface area contributed by atoms with Crippen LogP contribution in [0.2, 0.25) is 0 Å². The molecule has 2 atom stereocenters. The molecule has 17 heavy (non-hydrogen) atoms. The van der Waals surface area contributed by atoms with Gasteiger partial charge in [-0.3, -0.25) is 4.21 Å². The van der Waals surface area contributed by atoms with Gasteiger partial charge in [0.2, 0.25) is 0 Å². The van der Waals surface area contributed by atoms with Gasteiger partial charge in [-0.1, -0.05) is 12.1 Å². The first-order chi connectivity index (χ1) is 8.19. The van der Waals surface area contributed by atoms with E-state index >= 15 is 0 Å². The fourth-order valence-corrected chi connectivity index (χ4v) is 2.70. The SMILES string of the molecule is CCOC(CN)CCS(=O)c1ccccc1F. The van der Waals surface area contributed by atoms with Crippen molar-refractivity contribution in [2.24, 2.45) is 5.73 Å². The fraction of sp³-hybridized carbons (Fsp3) is 0.500. The van der Waals surface area contributed by atoms with E-state index in [-0.39, 0.29) is 11.0 Å². The molecular formula is C12H18FNO2S. The molecule has 0 radical (unpaired) electrons. The van der Waals surface area contributed by atoms with Crippen LogP contribution in [0.3, 0.4) is 0 Å². The van der Waals surface area contributed by atoms with Crippen molar-refractivity contribution in [3.63, 3.8) is 0 Å². The molecule has 0 aromatic heterocycles. The highest BCUT2D eigenvalue weighted by Gasteiger charge is 2.12. The Bertz CT molecular complexity index is 373. The first-order valence-electron chi connectivity index (χ1n) is 5.63. The zero-order chi connectivity index (χ0) is 12.7. The van der Waals surface area contributed by atoms with E-state index in [1.54, 1.807) is 18.2 Å². The maximum atomic E-state index is 13.3. The standard InChI is InChI=1S/C12H18FNO2S/c1-2-16-10(9-14)7-8-17(15)12-6-4-3-5-11(12)13/h3-6,10H,2,7-9,14H2,1H3. The van der Waals surface area contributed by atoms with Crippen molar-refractivity contribution < 1.29 is 13.3 Å². The summed E-state index contributed by atoms with van der Waals surface area (Å²) < 4.78 is 30.6. The molecule has 1 aromatic rings. The van der Waals surface area contributed by atoms with Crippen molar-refractivity contribution in [1.29, 1.82) is 0 Å². The smallest absolute Gasteiger partial charge is 0.139 e. The Morgan fingerprint density at radius 3 is 2.76 bits per heavy atom. The summed E-state index contributed by atoms with van der Waals surface area (Å²) in [5.74, 6) is -0.0606. The Labute approximate surface area is 104 Å². The average Bonchev–Trinajstić information content (AvgIpc) is 2.34. The number of benzene rings is 1. The fourth-order valence-electron chi connectivity index (χ4n) is 1.48. The minimum Gasteiger partial charge on any atom is -0.377 e. The van der Waals surface area contributed by atoms with E-state index in [9.17, 15) is 8.60 Å². The van der Waals surface area contributed by atoms with Gasteiger partial charge >= 0.3 is 0 Å². The van der Waals surface area contributed by atoms with Crippen molar-refractivity contribution in [1.82, 2.24) is 0 Å². The second kappa shape index (κ2) is 7.53. The van der Waals surface area contributed by atoms with E-state index in [4.69, 9.17) is 10.5 Å². The molecule has 2 unspecified atom stereocenters. The average molecular weight is 259 g/mol. The number of nitrogens with two attached hydrogens (primary N) is 1. The molecule has 0 aliphatic carbocycles. The summed E-state index contributed by atoms with van der Waals surface area (Å²) in [6, 6.07) is 6.12. The third-order valence-electron chi connectivity index (χ3n) is 2.37. The molecule has 2 N–H and O–H groups in total. The van der Waals surface area contributed by atoms with E-state index in [1.165, 1.54) is 6.07 Å². The van der Waals surface area contributed by atoms with Crippen LogP contribution in [-0.2, 0) is 15.5 Å². The van der Waals surface area contributed by atoms with Crippen LogP contribution in [0.1, 0.15) is 13.3 Å². The zero-order valence-corrected chi connectivity index (χ0v) is 10.7. The van der Waals surface area contributed by atoms with Gasteiger partial charge in [-0.25, -0.2) is 4.39 Å². The monoisotopic (exact) mass is 259 g/mol. The van der Waals surface area contributed by atoms with Crippen molar-refractivity contribution in [3.8, 4) is 0 Å². The quantitative estimate of drug-likeness (QED) is 0.810. The van der Waals surface area contributed by atoms with Gasteiger partial charge in [0.25, 0.3) is 0 Å². The van der Waals surface area contributed by atoms with Gasteiger partial charge in [-0.05, 0) is 25.5 Å². The normalized spacial score (nSPS) is 14.5. The van der Waals surface area contributed by atoms with Gasteiger partial charge in [0.1, 0.15) is 5.82 Å². The Kier molecular flexibility index (Phi) is 6.32. The summed E-state index contributed by atoms with van der Waals surface area (Å²) in [5.41, 5.74) is 5.52. The highest BCUT2D eigenvalue weighted by Crippen LogP contribution is 2.13. The molecular weight excluding hydrogens is 241 g/mol. The topological polar surface area (TPSA) is 52.3 Å². The molecule has 0 saturated heterocycles. The van der Waals surface area contributed by atoms with Crippen molar-refractivity contribution >= 4 is 10.8 Å². The van der Waals surface area contributed by atoms with Gasteiger partial charge in [0.15, 0.2) is 0 Å². The first kappa shape index (κ1) is 14.3. The molecule has 0 aliphatic heterocycles. The van der Waals surface area contributed by atoms with Crippen LogP contribution in [0.25, 0.3) is 0 Å². The molecule has 1 aromatic carbocycles. The molecule has 0 spiro atoms. The summed E-state index contributed by atoms with van der Waals surface area (Å²) in [5, 5.41) is 0. The molecule has 96 valence electrons. The molecule has 0 bridgehead atoms. The summed E-state index contributed by atoms with van der Waals surface area (Å²) >= 11 is 0. The molecule has 0 amide bonds. The van der Waals surface area contributed by atoms with Crippen LogP contribution in [0.4, 0.5) is 4.39 Å². The molecule has 0 fully saturated rings. The Hall–Kier alpha value is -0.780. The number of rotatable bonds is 7. The van der Waals surface area contributed by atoms with Crippen LogP contribution in [0.5, 0.6) is 0 Å². The lowest BCUT2D eigenvalue weighted by Crippen LogP contribution is -2.25. The lowest BCUT2D eigenvalue weighted by molar-refractivity contribution is 0.0672. The second-order valence-electron chi connectivity index (χ2n) is 3.58. The van der Waals surface area contributed by atoms with Crippen LogP contribution < -0.4 is 5.73 Å². The summed E-state index contributed by atoms with van der Waals surface area (Å²) in [7, 11) is -1.33. The van der Waals surface area contributed by atoms with Crippen molar-refractivity contribution in [2.75, 3.05) is 18.9 Å². The zero-order valence-electron chi connectivity index (χ0n) is 9.90. The first-order valence-corrected chi connectivity index (χ1v) is 6.95. The van der Waals surface area contributed by atoms with Gasteiger partial charge in [-0.2, -0.15) is 0 Å². The highest BCUT2D eigenvalue weighted by atomic mass is 32.2. The number of ether oxygens (including phenoxy) is 1. The highest BCUT2D eigenvalue weighted by molar-refractivity contribution is 7.85. The molecule has 0 aliphatic rings. The van der Waals surface area contributed by atoms with E-state index in [0.29, 0.717) is 25.3 Å². The molecule has 0 heterocycles. The lowest BCUT2D eigenvalue weighted by atomic mass is 10.3. The molecule has 3 nitrogen and oxygen atoms in total. The van der Waals surface area contributed by atoms with E-state index in [2.05, 4.69) is 0 Å². The predicted octanol–water partition coefficient (Wildman–Crippen LogP) is 1.69. The second-order valence-corrected chi connectivity index (χ2v) is 5.12. The van der Waals surface area contributed by atoms with Crippen LogP contribution in [0, 0.1) is 5.82 Å². The van der Waals surface area contributed by atoms with Crippen LogP contribution >= 0.6 is 0 Å². The van der Waals surface area contributed by atoms with Gasteiger partial charge in [0.05, 0.1) is 21.8 Å². The maximum Gasteiger partial charge on any atom is 0.139 e. The van der Waals surface area contributed by atoms with Crippen molar-refractivity contribution in [3.05, 3.63) is 30.1 Å². The van der Waals surface area contributed by atoms with E-state index in [0.717, 1.165) is 0 Å². The number of hydrogen-bond acceptors (Lipinski definition) is 3. The number of hydrogen-bond donors (Lipinski definition) is 1. The summed E-state index contributed by atoms with van der Waals surface area (Å²) in [6.07, 6.45) is 0.474. The van der Waals surface area contributed by atoms with E-state index < -0.39 is 16.6 Å². The Morgan fingerprint density at radius 2 is 2.18 bits per heavy atom. The Balaban J connectivity index is 2.52. The minimum absolute atomic E-state index is 0.101. The summed E-state index contributed by atoms with van der Waals surface area (Å²) in [6.45, 7) is 2.85.